The summed E-state index contributed by atoms with van der Waals surface area (Å²) in [5.74, 6) is 0. The first-order chi connectivity index (χ1) is 18.9. The van der Waals surface area contributed by atoms with Crippen molar-refractivity contribution in [1.82, 2.24) is 0 Å². The molecule has 10 fully saturated rings. The van der Waals surface area contributed by atoms with E-state index in [2.05, 4.69) is 121 Å². The summed E-state index contributed by atoms with van der Waals surface area (Å²) in [5.41, 5.74) is 0. The van der Waals surface area contributed by atoms with Crippen molar-refractivity contribution < 1.29 is 26.9 Å². The van der Waals surface area contributed by atoms with Crippen LogP contribution in [0.2, 0.25) is 35.1 Å². The Hall–Kier alpha value is -0.241. The molecule has 9 atom stereocenters. The molecule has 10 aliphatic rings. The van der Waals surface area contributed by atoms with Gasteiger partial charge in [-0.25, -0.2) is 0 Å². The van der Waals surface area contributed by atoms with Gasteiger partial charge in [-0.3, -0.25) is 0 Å². The van der Waals surface area contributed by atoms with Gasteiger partial charge in [-0.05, 0) is 0 Å². The fourth-order valence-electron chi connectivity index (χ4n) is 21.0. The zero-order valence-corrected chi connectivity index (χ0v) is 29.3. The van der Waals surface area contributed by atoms with Crippen LogP contribution in [0.1, 0.15) is 0 Å². The summed E-state index contributed by atoms with van der Waals surface area (Å²) in [6, 6.07) is 47.1. The van der Waals surface area contributed by atoms with Crippen LogP contribution in [-0.4, -0.2) is 36.8 Å². The van der Waals surface area contributed by atoms with Crippen LogP contribution in [0.4, 0.5) is 0 Å². The van der Waals surface area contributed by atoms with Crippen molar-refractivity contribution in [2.75, 3.05) is 0 Å². The molecule has 0 bridgehead atoms. The summed E-state index contributed by atoms with van der Waals surface area (Å²) in [7, 11) is 0. The molecular formula is C34H26As2Cl2FePd. The Labute approximate surface area is 258 Å². The van der Waals surface area contributed by atoms with E-state index < -0.39 is 35.8 Å². The largest absolute Gasteiger partial charge is 0 e. The van der Waals surface area contributed by atoms with Crippen LogP contribution in [-0.2, 0) is 26.9 Å². The Kier molecular flexibility index (Phi) is 1.98. The molecule has 0 saturated carbocycles. The number of halogens is 2. The first-order valence-electron chi connectivity index (χ1n) is 14.3. The monoisotopic (exact) mass is 816 g/mol. The molecule has 0 amide bonds. The quantitative estimate of drug-likeness (QED) is 0.163. The summed E-state index contributed by atoms with van der Waals surface area (Å²) in [4.78, 5) is 5.79. The third-order valence-corrected chi connectivity index (χ3v) is 98.5. The number of benzene rings is 4. The number of fused-ring (bicyclic) bond motifs is 10. The first-order valence-corrected chi connectivity index (χ1v) is 26.7. The third kappa shape index (κ3) is 0.518. The summed E-state index contributed by atoms with van der Waals surface area (Å²) >= 11 is 13.6. The molecule has 10 heterocycles. The molecule has 0 radical (unpaired) electrons. The van der Waals surface area contributed by atoms with E-state index in [9.17, 15) is 0 Å². The molecule has 9 unspecified atom stereocenters. The topological polar surface area (TPSA) is 0 Å². The zero-order valence-electron chi connectivity index (χ0n) is 21.3. The van der Waals surface area contributed by atoms with Crippen LogP contribution in [0.3, 0.4) is 0 Å². The van der Waals surface area contributed by atoms with Crippen LogP contribution in [0.25, 0.3) is 0 Å². The first kappa shape index (κ1) is 22.3. The van der Waals surface area contributed by atoms with Gasteiger partial charge in [0.15, 0.2) is 0 Å². The second-order valence-corrected chi connectivity index (χ2v) is 51.9. The van der Waals surface area contributed by atoms with Crippen LogP contribution in [0, 0.1) is 0 Å². The predicted molar refractivity (Wildman–Crippen MR) is 161 cm³/mol. The average molecular weight is 818 g/mol. The average Bonchev–Trinajstić information content (AvgIpc) is 3.96. The summed E-state index contributed by atoms with van der Waals surface area (Å²) in [6.45, 7) is -4.55. The van der Waals surface area contributed by atoms with Crippen LogP contribution in [0.15, 0.2) is 121 Å². The minimum absolute atomic E-state index is 0. The van der Waals surface area contributed by atoms with Gasteiger partial charge in [0.05, 0.1) is 0 Å². The van der Waals surface area contributed by atoms with E-state index in [1.54, 1.807) is 17.4 Å². The van der Waals surface area contributed by atoms with Gasteiger partial charge in [0, 0.05) is 20.4 Å². The molecule has 6 heteroatoms. The van der Waals surface area contributed by atoms with Gasteiger partial charge >= 0.3 is 240 Å². The van der Waals surface area contributed by atoms with Crippen molar-refractivity contribution in [3.63, 3.8) is 0 Å². The number of hydrogen-bond donors (Lipinski definition) is 0. The molecule has 4 aromatic rings. The molecule has 0 N–H and O–H groups in total. The zero-order chi connectivity index (χ0) is 25.4. The molecule has 0 aromatic heterocycles. The fourth-order valence-corrected chi connectivity index (χ4v) is 172. The summed E-state index contributed by atoms with van der Waals surface area (Å²) in [6.07, 6.45) is 0. The van der Waals surface area contributed by atoms with Gasteiger partial charge in [-0.2, -0.15) is 0 Å². The Balaban J connectivity index is 0.00000193. The molecule has 0 aliphatic carbocycles. The second kappa shape index (κ2) is 3.55. The van der Waals surface area contributed by atoms with Crippen molar-refractivity contribution in [3.05, 3.63) is 121 Å². The molecule has 40 heavy (non-hydrogen) atoms. The van der Waals surface area contributed by atoms with E-state index in [4.69, 9.17) is 23.2 Å². The Bertz CT molecular complexity index is 2260. The van der Waals surface area contributed by atoms with Crippen LogP contribution >= 0.6 is 23.2 Å². The maximum absolute atomic E-state index is 8.61. The normalized spacial score (nSPS) is 62.7. The molecule has 14 rings (SSSR count). The van der Waals surface area contributed by atoms with E-state index in [-0.39, 0.29) is 28.0 Å². The minimum atomic E-state index is -4.55. The smallest absolute Gasteiger partial charge is 0 e. The number of hydrogen-bond acceptors (Lipinski definition) is 0. The maximum Gasteiger partial charge on any atom is 0 e. The molecule has 4 aromatic carbocycles. The molecule has 10 saturated heterocycles. The Morgan fingerprint density at radius 3 is 1.18 bits per heavy atom. The van der Waals surface area contributed by atoms with E-state index in [1.807, 2.05) is 0 Å². The van der Waals surface area contributed by atoms with Crippen LogP contribution < -0.4 is 17.4 Å². The van der Waals surface area contributed by atoms with Gasteiger partial charge in [-0.1, -0.05) is 0 Å². The minimum Gasteiger partial charge on any atom is 0 e. The van der Waals surface area contributed by atoms with Crippen molar-refractivity contribution >= 4 is 69.9 Å². The van der Waals surface area contributed by atoms with Crippen molar-refractivity contribution in [2.24, 2.45) is 0 Å². The third-order valence-electron chi connectivity index (χ3n) is 19.4. The second-order valence-electron chi connectivity index (χ2n) is 15.7. The van der Waals surface area contributed by atoms with Crippen molar-refractivity contribution in [3.8, 4) is 0 Å². The van der Waals surface area contributed by atoms with Gasteiger partial charge < -0.3 is 0 Å². The van der Waals surface area contributed by atoms with Crippen LogP contribution in [0.5, 0.6) is 0 Å². The van der Waals surface area contributed by atoms with E-state index in [1.165, 1.54) is 0 Å². The van der Waals surface area contributed by atoms with Crippen molar-refractivity contribution in [1.29, 1.82) is 0 Å². The predicted octanol–water partition coefficient (Wildman–Crippen LogP) is 6.10. The molecule has 1 spiro atoms. The van der Waals surface area contributed by atoms with Crippen molar-refractivity contribution in [2.45, 2.75) is 42.6 Å². The number of alkyl halides is 2. The summed E-state index contributed by atoms with van der Waals surface area (Å²) in [5, 5.41) is 0. The fraction of sp³-hybridized carbons (Fsp3) is 0.294. The number of rotatable bonds is 6. The van der Waals surface area contributed by atoms with E-state index >= 15 is 0 Å². The molecular weight excluding hydrogens is 791 g/mol. The van der Waals surface area contributed by atoms with Gasteiger partial charge in [-0.15, -0.1) is 0 Å². The van der Waals surface area contributed by atoms with Gasteiger partial charge in [0.25, 0.3) is 0 Å². The maximum atomic E-state index is 8.61. The van der Waals surface area contributed by atoms with Gasteiger partial charge in [0.2, 0.25) is 0 Å². The van der Waals surface area contributed by atoms with Gasteiger partial charge in [0.1, 0.15) is 0 Å². The standard InChI is InChI=1S/C17H12AsCl2.C17H14As.Fe.Pd/c19-16-12-11-15(17(16)20)18(13-7-3-1-4-8-13)14-9-5-2-6-10-14;1-3-9-15(10-4-1)18(17-13-7-8-14-17)16-11-5-2-6-12-16;;/h1-12H;1-14H;;. The summed E-state index contributed by atoms with van der Waals surface area (Å²) < 4.78 is 7.71. The Morgan fingerprint density at radius 1 is 0.500 bits per heavy atom. The molecule has 0 nitrogen and oxygen atoms in total. The molecule has 10 aliphatic heterocycles. The molecule has 204 valence electrons. The Morgan fingerprint density at radius 2 is 0.875 bits per heavy atom. The van der Waals surface area contributed by atoms with E-state index in [0.29, 0.717) is 6.20 Å². The SMILES string of the molecule is Cl[C]12[CH]3[CH]4[C]5([As](c6ccccc6)c6ccccc6)[C]1(Cl)[Fe]34251678[CH]2[CH]1[CH]6[C]7([As](c1ccccc1)c1ccccc1)[CH]28.[Pd]. The van der Waals surface area contributed by atoms with E-state index in [0.717, 1.165) is 28.9 Å².